The number of hydrogen-bond donors (Lipinski definition) is 0. The van der Waals surface area contributed by atoms with Crippen LogP contribution in [0.1, 0.15) is 33.2 Å². The summed E-state index contributed by atoms with van der Waals surface area (Å²) in [7, 11) is 1.24. The number of ketones is 1. The van der Waals surface area contributed by atoms with Crippen molar-refractivity contribution in [3.8, 4) is 17.2 Å². The number of hydrogen-bond acceptors (Lipinski definition) is 7. The van der Waals surface area contributed by atoms with Gasteiger partial charge in [-0.05, 0) is 42.8 Å². The molecule has 196 valence electrons. The third kappa shape index (κ3) is 4.92. The minimum Gasteiger partial charge on any atom is -0.473 e. The van der Waals surface area contributed by atoms with Gasteiger partial charge in [0.25, 0.3) is 0 Å². The Balaban J connectivity index is 1.47. The van der Waals surface area contributed by atoms with E-state index >= 15 is 0 Å². The van der Waals surface area contributed by atoms with Crippen molar-refractivity contribution in [3.63, 3.8) is 0 Å². The Morgan fingerprint density at radius 1 is 0.895 bits per heavy atom. The highest BCUT2D eigenvalue weighted by atomic mass is 19.2. The topological polar surface area (TPSA) is 88.1 Å². The molecule has 1 aliphatic rings. The molecule has 0 amide bonds. The molecule has 4 rings (SSSR count). The lowest BCUT2D eigenvalue weighted by Gasteiger charge is -2.15. The van der Waals surface area contributed by atoms with Gasteiger partial charge in [-0.3, -0.25) is 4.79 Å². The first-order valence-corrected chi connectivity index (χ1v) is 10.7. The van der Waals surface area contributed by atoms with Gasteiger partial charge < -0.3 is 18.9 Å². The van der Waals surface area contributed by atoms with Crippen molar-refractivity contribution >= 4 is 23.8 Å². The maximum atomic E-state index is 13.8. The number of benzene rings is 3. The lowest BCUT2D eigenvalue weighted by molar-refractivity contribution is -0.141. The molecule has 1 unspecified atom stereocenters. The zero-order valence-corrected chi connectivity index (χ0v) is 19.4. The van der Waals surface area contributed by atoms with Gasteiger partial charge in [0.15, 0.2) is 17.6 Å². The average molecular weight is 534 g/mol. The number of carbonyl (C=O) groups is 3. The monoisotopic (exact) mass is 534 g/mol. The summed E-state index contributed by atoms with van der Waals surface area (Å²) in [6.07, 6.45) is -0.364. The van der Waals surface area contributed by atoms with E-state index in [0.717, 1.165) is 6.92 Å². The molecule has 1 heterocycles. The van der Waals surface area contributed by atoms with Crippen molar-refractivity contribution in [1.82, 2.24) is 0 Å². The van der Waals surface area contributed by atoms with Gasteiger partial charge in [-0.1, -0.05) is 12.1 Å². The molecule has 0 aliphatic carbocycles. The normalized spacial score (nSPS) is 14.1. The number of allylic oxidation sites excluding steroid dienone is 1. The Morgan fingerprint density at radius 3 is 2.11 bits per heavy atom. The van der Waals surface area contributed by atoms with Gasteiger partial charge in [0.1, 0.15) is 11.5 Å². The predicted octanol–water partition coefficient (Wildman–Crippen LogP) is 5.16. The second-order valence-corrected chi connectivity index (χ2v) is 7.79. The van der Waals surface area contributed by atoms with E-state index in [1.54, 1.807) is 12.1 Å². The van der Waals surface area contributed by atoms with Crippen LogP contribution in [0, 0.1) is 29.1 Å². The van der Waals surface area contributed by atoms with Crippen LogP contribution in [0.2, 0.25) is 0 Å². The smallest absolute Gasteiger partial charge is 0.352 e. The molecule has 0 radical (unpaired) electrons. The Morgan fingerprint density at radius 2 is 1.50 bits per heavy atom. The van der Waals surface area contributed by atoms with E-state index < -0.39 is 58.7 Å². The molecule has 38 heavy (non-hydrogen) atoms. The standard InChI is InChI=1S/C26H15F5O7/c1-11(36-24-21(30)19(28)18(27)20(29)22(24)31)25(33)37-14-7-8-15-16(10-14)38-17(23(15)32)9-12-3-5-13(6-4-12)26(34)35-2/h3-11H,1-2H3/b17-9-. The molecule has 12 heteroatoms. The SMILES string of the molecule is COC(=O)c1ccc(/C=C2\Oc3cc(OC(=O)C(C)Oc4c(F)c(F)c(F)c(F)c4F)ccc3C2=O)cc1. The first kappa shape index (κ1) is 26.3. The first-order valence-electron chi connectivity index (χ1n) is 10.7. The van der Waals surface area contributed by atoms with Gasteiger partial charge in [0.2, 0.25) is 34.9 Å². The third-order valence-electron chi connectivity index (χ3n) is 5.29. The van der Waals surface area contributed by atoms with E-state index in [1.165, 1.54) is 43.5 Å². The summed E-state index contributed by atoms with van der Waals surface area (Å²) in [5.41, 5.74) is 0.994. The van der Waals surface area contributed by atoms with Crippen LogP contribution in [-0.2, 0) is 9.53 Å². The minimum atomic E-state index is -2.37. The Hall–Kier alpha value is -4.74. The van der Waals surface area contributed by atoms with Crippen LogP contribution in [0.25, 0.3) is 6.08 Å². The van der Waals surface area contributed by atoms with E-state index in [0.29, 0.717) is 11.1 Å². The number of rotatable bonds is 6. The molecule has 0 aromatic heterocycles. The number of Topliss-reactive ketones (excluding diaryl/α,β-unsaturated/α-hetero) is 1. The Labute approximate surface area is 211 Å². The molecule has 3 aromatic carbocycles. The summed E-state index contributed by atoms with van der Waals surface area (Å²) >= 11 is 0. The fraction of sp³-hybridized carbons (Fsp3) is 0.115. The van der Waals surface area contributed by atoms with Crippen LogP contribution in [0.4, 0.5) is 22.0 Å². The molecule has 1 aliphatic heterocycles. The van der Waals surface area contributed by atoms with Crippen molar-refractivity contribution in [3.05, 3.63) is 94.0 Å². The summed E-state index contributed by atoms with van der Waals surface area (Å²) in [6.45, 7) is 0.972. The molecule has 0 spiro atoms. The third-order valence-corrected chi connectivity index (χ3v) is 5.29. The van der Waals surface area contributed by atoms with Crippen LogP contribution < -0.4 is 14.2 Å². The molecule has 1 atom stereocenters. The number of carbonyl (C=O) groups excluding carboxylic acids is 3. The van der Waals surface area contributed by atoms with Crippen molar-refractivity contribution in [2.24, 2.45) is 0 Å². The highest BCUT2D eigenvalue weighted by molar-refractivity contribution is 6.14. The molecule has 3 aromatic rings. The molecule has 7 nitrogen and oxygen atoms in total. The summed E-state index contributed by atoms with van der Waals surface area (Å²) in [5.74, 6) is -15.4. The molecule has 0 fully saturated rings. The largest absolute Gasteiger partial charge is 0.473 e. The van der Waals surface area contributed by atoms with Gasteiger partial charge in [0.05, 0.1) is 18.2 Å². The number of ether oxygens (including phenoxy) is 4. The molecule has 0 saturated heterocycles. The number of fused-ring (bicyclic) bond motifs is 1. The summed E-state index contributed by atoms with van der Waals surface area (Å²) < 4.78 is 87.5. The molecule has 0 N–H and O–H groups in total. The first-order chi connectivity index (χ1) is 18.0. The van der Waals surface area contributed by atoms with Crippen LogP contribution in [0.5, 0.6) is 17.2 Å². The zero-order chi connectivity index (χ0) is 27.7. The van der Waals surface area contributed by atoms with Crippen molar-refractivity contribution in [1.29, 1.82) is 0 Å². The Bertz CT molecular complexity index is 1470. The lowest BCUT2D eigenvalue weighted by atomic mass is 10.1. The van der Waals surface area contributed by atoms with E-state index in [1.807, 2.05) is 0 Å². The van der Waals surface area contributed by atoms with E-state index in [-0.39, 0.29) is 22.8 Å². The Kier molecular flexibility index (Phi) is 7.15. The second-order valence-electron chi connectivity index (χ2n) is 7.79. The molecular formula is C26H15F5O7. The maximum absolute atomic E-state index is 13.8. The van der Waals surface area contributed by atoms with Crippen LogP contribution in [0.3, 0.4) is 0 Å². The fourth-order valence-electron chi connectivity index (χ4n) is 3.33. The lowest BCUT2D eigenvalue weighted by Crippen LogP contribution is -2.29. The van der Waals surface area contributed by atoms with Gasteiger partial charge in [0, 0.05) is 6.07 Å². The van der Waals surface area contributed by atoms with Gasteiger partial charge in [-0.15, -0.1) is 0 Å². The fourth-order valence-corrected chi connectivity index (χ4v) is 3.33. The minimum absolute atomic E-state index is 0.0334. The second kappa shape index (κ2) is 10.3. The molecule has 0 saturated carbocycles. The van der Waals surface area contributed by atoms with Gasteiger partial charge in [-0.2, -0.15) is 8.78 Å². The molecular weight excluding hydrogens is 519 g/mol. The van der Waals surface area contributed by atoms with Crippen molar-refractivity contribution in [2.45, 2.75) is 13.0 Å². The highest BCUT2D eigenvalue weighted by Gasteiger charge is 2.31. The van der Waals surface area contributed by atoms with E-state index in [4.69, 9.17) is 9.47 Å². The van der Waals surface area contributed by atoms with E-state index in [2.05, 4.69) is 9.47 Å². The number of esters is 2. The van der Waals surface area contributed by atoms with Gasteiger partial charge >= 0.3 is 11.9 Å². The van der Waals surface area contributed by atoms with Crippen molar-refractivity contribution < 1.29 is 55.3 Å². The summed E-state index contributed by atoms with van der Waals surface area (Å²) in [5, 5.41) is 0. The maximum Gasteiger partial charge on any atom is 0.352 e. The summed E-state index contributed by atoms with van der Waals surface area (Å²) in [4.78, 5) is 36.5. The van der Waals surface area contributed by atoms with Crippen molar-refractivity contribution in [2.75, 3.05) is 7.11 Å². The number of halogens is 5. The number of methoxy groups -OCH3 is 1. The zero-order valence-electron chi connectivity index (χ0n) is 19.4. The van der Waals surface area contributed by atoms with Gasteiger partial charge in [-0.25, -0.2) is 22.8 Å². The van der Waals surface area contributed by atoms with Crippen LogP contribution >= 0.6 is 0 Å². The molecule has 0 bridgehead atoms. The van der Waals surface area contributed by atoms with Crippen LogP contribution in [-0.4, -0.2) is 30.9 Å². The quantitative estimate of drug-likeness (QED) is 0.108. The van der Waals surface area contributed by atoms with E-state index in [9.17, 15) is 36.3 Å². The average Bonchev–Trinajstić information content (AvgIpc) is 3.22. The predicted molar refractivity (Wildman–Crippen MR) is 119 cm³/mol. The highest BCUT2D eigenvalue weighted by Crippen LogP contribution is 2.35. The summed E-state index contributed by atoms with van der Waals surface area (Å²) in [6, 6.07) is 9.86. The van der Waals surface area contributed by atoms with Crippen LogP contribution in [0.15, 0.2) is 48.2 Å².